The predicted octanol–water partition coefficient (Wildman–Crippen LogP) is -0.213. The number of nitrogens with one attached hydrogen (secondary N) is 1. The second-order valence-electron chi connectivity index (χ2n) is 4.77. The van der Waals surface area contributed by atoms with Crippen LogP contribution >= 0.6 is 0 Å². The van der Waals surface area contributed by atoms with E-state index in [9.17, 15) is 18.8 Å². The van der Waals surface area contributed by atoms with Crippen LogP contribution in [0.2, 0.25) is 0 Å². The largest absolute Gasteiger partial charge is 0.376 e. The minimum atomic E-state index is -3.52. The van der Waals surface area contributed by atoms with Gasteiger partial charge >= 0.3 is 0 Å². The first-order valence-electron chi connectivity index (χ1n) is 6.11. The van der Waals surface area contributed by atoms with Crippen molar-refractivity contribution in [2.45, 2.75) is 26.6 Å². The van der Waals surface area contributed by atoms with E-state index >= 15 is 0 Å². The summed E-state index contributed by atoms with van der Waals surface area (Å²) in [5.74, 6) is 0.536. The first-order chi connectivity index (χ1) is 9.71. The zero-order valence-electron chi connectivity index (χ0n) is 11.8. The molecule has 9 heteroatoms. The summed E-state index contributed by atoms with van der Waals surface area (Å²) in [6.45, 7) is 3.44. The van der Waals surface area contributed by atoms with Crippen LogP contribution in [0.15, 0.2) is 6.20 Å². The molecule has 2 N–H and O–H groups in total. The van der Waals surface area contributed by atoms with E-state index in [0.717, 1.165) is 6.26 Å². The number of hydrogen-bond acceptors (Lipinski definition) is 6. The molecule has 0 saturated carbocycles. The Labute approximate surface area is 122 Å². The predicted molar refractivity (Wildman–Crippen MR) is 75.7 cm³/mol. The molecular weight excluding hydrogens is 294 g/mol. The average Bonchev–Trinajstić information content (AvgIpc) is 2.65. The van der Waals surface area contributed by atoms with Crippen LogP contribution < -0.4 is 4.72 Å². The summed E-state index contributed by atoms with van der Waals surface area (Å²) in [6.07, 6.45) is 1.18. The molecule has 8 nitrogen and oxygen atoms in total. The molecule has 0 spiro atoms. The van der Waals surface area contributed by atoms with Crippen molar-refractivity contribution in [2.24, 2.45) is 0 Å². The number of aliphatic hydroxyl groups is 1. The monoisotopic (exact) mass is 309 g/mol. The Morgan fingerprint density at radius 3 is 2.71 bits per heavy atom. The zero-order chi connectivity index (χ0) is 15.8. The zero-order valence-corrected chi connectivity index (χ0v) is 12.6. The highest BCUT2D eigenvalue weighted by Gasteiger charge is 2.17. The van der Waals surface area contributed by atoms with Gasteiger partial charge in [-0.3, -0.25) is 0 Å². The van der Waals surface area contributed by atoms with Crippen LogP contribution in [-0.2, 0) is 16.6 Å². The molecule has 0 aliphatic heterocycles. The molecule has 112 valence electrons. The lowest BCUT2D eigenvalue weighted by Gasteiger charge is -2.12. The molecule has 2 aromatic rings. The van der Waals surface area contributed by atoms with E-state index in [-0.39, 0.29) is 6.54 Å². The summed E-state index contributed by atoms with van der Waals surface area (Å²) >= 11 is 0. The van der Waals surface area contributed by atoms with Gasteiger partial charge in [-0.2, -0.15) is 9.98 Å². The third-order valence-electron chi connectivity index (χ3n) is 2.85. The van der Waals surface area contributed by atoms with Crippen LogP contribution in [0, 0.1) is 25.2 Å². The van der Waals surface area contributed by atoms with Crippen molar-refractivity contribution >= 4 is 21.1 Å². The molecule has 0 amide bonds. The number of aryl methyl sites for hydroxylation is 2. The van der Waals surface area contributed by atoms with Crippen molar-refractivity contribution < 1.29 is 13.5 Å². The average molecular weight is 309 g/mol. The minimum absolute atomic E-state index is 0.0544. The molecule has 2 rings (SSSR count). The quantitative estimate of drug-likeness (QED) is 0.754. The molecule has 2 aromatic heterocycles. The summed E-state index contributed by atoms with van der Waals surface area (Å²) in [4.78, 5) is 8.48. The first kappa shape index (κ1) is 15.4. The summed E-state index contributed by atoms with van der Waals surface area (Å²) < 4.78 is 25.8. The topological polar surface area (TPSA) is 121 Å². The van der Waals surface area contributed by atoms with Crippen LogP contribution in [0.3, 0.4) is 0 Å². The highest BCUT2D eigenvalue weighted by molar-refractivity contribution is 7.88. The van der Waals surface area contributed by atoms with Gasteiger partial charge in [-0.1, -0.05) is 0 Å². The Balaban J connectivity index is 2.48. The maximum Gasteiger partial charge on any atom is 0.210 e. The van der Waals surface area contributed by atoms with Gasteiger partial charge in [-0.25, -0.2) is 18.4 Å². The standard InChI is InChI=1S/C12H15N5O3S/c1-7-11-9(4-13)5-17(12(11)15-8(2)14-7)6-10(18)16-21(3,19)20/h5,10,16,18H,6H2,1-3H3. The van der Waals surface area contributed by atoms with E-state index in [4.69, 9.17) is 0 Å². The lowest BCUT2D eigenvalue weighted by molar-refractivity contribution is 0.144. The summed E-state index contributed by atoms with van der Waals surface area (Å²) in [7, 11) is -3.52. The number of aromatic nitrogens is 3. The highest BCUT2D eigenvalue weighted by Crippen LogP contribution is 2.22. The number of aliphatic hydroxyl groups excluding tert-OH is 1. The fourth-order valence-electron chi connectivity index (χ4n) is 2.19. The SMILES string of the molecule is Cc1nc(C)c2c(C#N)cn(CC(O)NS(C)(=O)=O)c2n1. The van der Waals surface area contributed by atoms with E-state index in [1.807, 2.05) is 0 Å². The lowest BCUT2D eigenvalue weighted by atomic mass is 10.2. The fraction of sp³-hybridized carbons (Fsp3) is 0.417. The Bertz CT molecular complexity index is 835. The van der Waals surface area contributed by atoms with Crippen molar-refractivity contribution in [1.29, 1.82) is 5.26 Å². The van der Waals surface area contributed by atoms with Gasteiger partial charge < -0.3 is 9.67 Å². The Hall–Kier alpha value is -2.02. The second kappa shape index (κ2) is 5.40. The van der Waals surface area contributed by atoms with Gasteiger partial charge in [0.25, 0.3) is 0 Å². The van der Waals surface area contributed by atoms with Crippen molar-refractivity contribution in [3.63, 3.8) is 0 Å². The molecule has 0 aliphatic rings. The Morgan fingerprint density at radius 1 is 1.48 bits per heavy atom. The maximum atomic E-state index is 11.1. The Morgan fingerprint density at radius 2 is 2.14 bits per heavy atom. The number of hydrogen-bond donors (Lipinski definition) is 2. The number of fused-ring (bicyclic) bond motifs is 1. The van der Waals surface area contributed by atoms with Crippen LogP contribution in [0.5, 0.6) is 0 Å². The second-order valence-corrected chi connectivity index (χ2v) is 6.55. The molecular formula is C12H15N5O3S. The first-order valence-corrected chi connectivity index (χ1v) is 8.00. The maximum absolute atomic E-state index is 11.1. The van der Waals surface area contributed by atoms with Gasteiger partial charge in [0.1, 0.15) is 23.8 Å². The third kappa shape index (κ3) is 3.36. The summed E-state index contributed by atoms with van der Waals surface area (Å²) in [5.41, 5.74) is 1.54. The summed E-state index contributed by atoms with van der Waals surface area (Å²) in [6, 6.07) is 2.05. The molecule has 21 heavy (non-hydrogen) atoms. The molecule has 0 radical (unpaired) electrons. The number of rotatable bonds is 4. The van der Waals surface area contributed by atoms with Crippen LogP contribution in [0.4, 0.5) is 0 Å². The molecule has 0 bridgehead atoms. The van der Waals surface area contributed by atoms with Crippen LogP contribution in [0.1, 0.15) is 17.1 Å². The van der Waals surface area contributed by atoms with Crippen molar-refractivity contribution in [1.82, 2.24) is 19.3 Å². The van der Waals surface area contributed by atoms with Gasteiger partial charge in [-0.15, -0.1) is 0 Å². The van der Waals surface area contributed by atoms with Gasteiger partial charge in [-0.05, 0) is 13.8 Å². The lowest BCUT2D eigenvalue weighted by Crippen LogP contribution is -2.36. The molecule has 0 saturated heterocycles. The summed E-state index contributed by atoms with van der Waals surface area (Å²) in [5, 5.41) is 19.6. The van der Waals surface area contributed by atoms with E-state index in [1.54, 1.807) is 18.4 Å². The van der Waals surface area contributed by atoms with Crippen LogP contribution in [0.25, 0.3) is 11.0 Å². The molecule has 1 atom stereocenters. The molecule has 0 aliphatic carbocycles. The van der Waals surface area contributed by atoms with Crippen molar-refractivity contribution in [2.75, 3.05) is 6.26 Å². The minimum Gasteiger partial charge on any atom is -0.376 e. The van der Waals surface area contributed by atoms with E-state index < -0.39 is 16.3 Å². The van der Waals surface area contributed by atoms with Gasteiger partial charge in [0.2, 0.25) is 10.0 Å². The molecule has 0 aromatic carbocycles. The molecule has 0 fully saturated rings. The molecule has 1 unspecified atom stereocenters. The molecule has 2 heterocycles. The van der Waals surface area contributed by atoms with Gasteiger partial charge in [0.05, 0.1) is 29.4 Å². The van der Waals surface area contributed by atoms with Crippen LogP contribution in [-0.4, -0.2) is 40.5 Å². The smallest absolute Gasteiger partial charge is 0.210 e. The van der Waals surface area contributed by atoms with E-state index in [2.05, 4.69) is 20.8 Å². The fourth-order valence-corrected chi connectivity index (χ4v) is 2.76. The van der Waals surface area contributed by atoms with E-state index in [1.165, 1.54) is 6.20 Å². The number of sulfonamides is 1. The van der Waals surface area contributed by atoms with Crippen molar-refractivity contribution in [3.05, 3.63) is 23.3 Å². The normalized spacial score (nSPS) is 13.3. The van der Waals surface area contributed by atoms with Gasteiger partial charge in [0.15, 0.2) is 0 Å². The third-order valence-corrected chi connectivity index (χ3v) is 3.55. The Kier molecular flexibility index (Phi) is 3.95. The van der Waals surface area contributed by atoms with Crippen molar-refractivity contribution in [3.8, 4) is 6.07 Å². The number of nitrogens with zero attached hydrogens (tertiary/aromatic N) is 4. The van der Waals surface area contributed by atoms with Gasteiger partial charge in [0, 0.05) is 6.20 Å². The highest BCUT2D eigenvalue weighted by atomic mass is 32.2. The number of nitriles is 1. The van der Waals surface area contributed by atoms with E-state index in [0.29, 0.717) is 28.1 Å².